The van der Waals surface area contributed by atoms with Gasteiger partial charge in [0.25, 0.3) is 11.5 Å². The summed E-state index contributed by atoms with van der Waals surface area (Å²) in [4.78, 5) is 23.4. The Hall–Kier alpha value is -1.49. The van der Waals surface area contributed by atoms with Gasteiger partial charge in [-0.3, -0.25) is 9.36 Å². The summed E-state index contributed by atoms with van der Waals surface area (Å²) in [6, 6.07) is 1.15. The van der Waals surface area contributed by atoms with E-state index >= 15 is 0 Å². The summed E-state index contributed by atoms with van der Waals surface area (Å²) in [5, 5.41) is 0.122. The molecule has 166 valence electrons. The van der Waals surface area contributed by atoms with Crippen LogP contribution in [0.25, 0.3) is 11.0 Å². The molecule has 1 fully saturated rings. The molecule has 11 heteroatoms. The van der Waals surface area contributed by atoms with Crippen LogP contribution < -0.4 is 15.2 Å². The second-order valence-corrected chi connectivity index (χ2v) is 11.0. The Balaban J connectivity index is 2.08. The van der Waals surface area contributed by atoms with Crippen molar-refractivity contribution in [3.63, 3.8) is 0 Å². The first kappa shape index (κ1) is 23.2. The minimum Gasteiger partial charge on any atom is -0.598 e. The fourth-order valence-electron chi connectivity index (χ4n) is 3.26. The van der Waals surface area contributed by atoms with Crippen molar-refractivity contribution in [3.05, 3.63) is 27.1 Å². The number of nitrogens with one attached hydrogen (secondary N) is 1. The zero-order chi connectivity index (χ0) is 22.4. The van der Waals surface area contributed by atoms with E-state index in [9.17, 15) is 18.1 Å². The van der Waals surface area contributed by atoms with Crippen LogP contribution in [-0.4, -0.2) is 42.8 Å². The molecule has 0 spiro atoms. The van der Waals surface area contributed by atoms with Crippen LogP contribution in [0.15, 0.2) is 10.9 Å². The molecule has 0 saturated carbocycles. The molecule has 0 amide bonds. The molecule has 2 aromatic heterocycles. The minimum absolute atomic E-state index is 0.0845. The molecule has 3 rings (SSSR count). The normalized spacial score (nSPS) is 19.2. The number of hydrogen-bond donors (Lipinski definition) is 1. The zero-order valence-corrected chi connectivity index (χ0v) is 19.2. The number of halogens is 3. The lowest BCUT2D eigenvalue weighted by Crippen LogP contribution is -2.42. The Morgan fingerprint density at radius 3 is 2.43 bits per heavy atom. The Labute approximate surface area is 182 Å². The van der Waals surface area contributed by atoms with Gasteiger partial charge < -0.3 is 9.45 Å². The molecule has 1 aliphatic rings. The fraction of sp³-hybridized carbons (Fsp3) is 0.632. The van der Waals surface area contributed by atoms with E-state index in [1.54, 1.807) is 17.9 Å². The highest BCUT2D eigenvalue weighted by atomic mass is 35.5. The van der Waals surface area contributed by atoms with Gasteiger partial charge in [0.15, 0.2) is 5.52 Å². The number of rotatable bonds is 4. The van der Waals surface area contributed by atoms with Crippen LogP contribution in [0, 0.1) is 0 Å². The highest BCUT2D eigenvalue weighted by molar-refractivity contribution is 7.90. The molecule has 1 N–H and O–H groups in total. The van der Waals surface area contributed by atoms with Gasteiger partial charge in [-0.15, -0.1) is 4.72 Å². The molecule has 2 atom stereocenters. The van der Waals surface area contributed by atoms with Gasteiger partial charge in [-0.25, -0.2) is 18.7 Å². The Morgan fingerprint density at radius 2 is 1.87 bits per heavy atom. The Morgan fingerprint density at radius 1 is 1.27 bits per heavy atom. The fourth-order valence-corrected chi connectivity index (χ4v) is 4.27. The maximum atomic E-state index is 13.6. The molecule has 3 heterocycles. The summed E-state index contributed by atoms with van der Waals surface area (Å²) in [6.45, 7) is 7.53. The van der Waals surface area contributed by atoms with Gasteiger partial charge >= 0.3 is 0 Å². The van der Waals surface area contributed by atoms with Gasteiger partial charge in [0.05, 0.1) is 6.04 Å². The smallest absolute Gasteiger partial charge is 0.281 e. The van der Waals surface area contributed by atoms with Gasteiger partial charge in [0.1, 0.15) is 15.4 Å². The number of nitrogens with zero attached hydrogens (tertiary/aromatic N) is 4. The van der Waals surface area contributed by atoms with Crippen LogP contribution in [-0.2, 0) is 18.4 Å². The van der Waals surface area contributed by atoms with Crippen molar-refractivity contribution < 1.29 is 13.3 Å². The predicted molar refractivity (Wildman–Crippen MR) is 116 cm³/mol. The number of fused-ring (bicyclic) bond motifs is 1. The molecule has 1 aliphatic heterocycles. The van der Waals surface area contributed by atoms with Crippen molar-refractivity contribution >= 4 is 39.9 Å². The summed E-state index contributed by atoms with van der Waals surface area (Å²) in [5.74, 6) is -2.40. The molecular formula is C19H26ClF2N5O2S. The van der Waals surface area contributed by atoms with Crippen molar-refractivity contribution in [2.24, 2.45) is 7.05 Å². The maximum Gasteiger partial charge on any atom is 0.281 e. The van der Waals surface area contributed by atoms with Gasteiger partial charge in [-0.2, -0.15) is 0 Å². The van der Waals surface area contributed by atoms with E-state index in [1.165, 1.54) is 11.6 Å². The maximum absolute atomic E-state index is 13.6. The molecule has 1 saturated heterocycles. The number of anilines is 1. The first-order valence-corrected chi connectivity index (χ1v) is 11.2. The third-order valence-electron chi connectivity index (χ3n) is 5.09. The highest BCUT2D eigenvalue weighted by Crippen LogP contribution is 2.31. The summed E-state index contributed by atoms with van der Waals surface area (Å²) >= 11 is 4.79. The van der Waals surface area contributed by atoms with E-state index in [-0.39, 0.29) is 36.6 Å². The molecular weight excluding hydrogens is 436 g/mol. The van der Waals surface area contributed by atoms with Crippen molar-refractivity contribution in [1.29, 1.82) is 0 Å². The van der Waals surface area contributed by atoms with E-state index in [0.717, 1.165) is 0 Å². The second kappa shape index (κ2) is 8.22. The monoisotopic (exact) mass is 461 g/mol. The molecule has 2 unspecified atom stereocenters. The Kier molecular flexibility index (Phi) is 6.35. The van der Waals surface area contributed by atoms with E-state index in [1.807, 2.05) is 20.8 Å². The van der Waals surface area contributed by atoms with Gasteiger partial charge in [-0.05, 0) is 33.8 Å². The van der Waals surface area contributed by atoms with E-state index in [4.69, 9.17) is 11.6 Å². The number of alkyl halides is 2. The summed E-state index contributed by atoms with van der Waals surface area (Å²) in [7, 11) is 1.54. The molecule has 2 aromatic rings. The van der Waals surface area contributed by atoms with E-state index < -0.39 is 33.6 Å². The zero-order valence-electron chi connectivity index (χ0n) is 17.6. The number of aromatic nitrogens is 3. The van der Waals surface area contributed by atoms with E-state index in [0.29, 0.717) is 17.0 Å². The molecule has 0 radical (unpaired) electrons. The Bertz CT molecular complexity index is 1000. The van der Waals surface area contributed by atoms with Crippen molar-refractivity contribution in [2.45, 2.75) is 57.2 Å². The van der Waals surface area contributed by atoms with Crippen LogP contribution in [0.2, 0.25) is 5.15 Å². The third-order valence-corrected chi connectivity index (χ3v) is 6.97. The van der Waals surface area contributed by atoms with Crippen molar-refractivity contribution in [3.8, 4) is 0 Å². The van der Waals surface area contributed by atoms with E-state index in [2.05, 4.69) is 14.7 Å². The first-order chi connectivity index (χ1) is 13.8. The van der Waals surface area contributed by atoms with Crippen LogP contribution >= 0.6 is 11.6 Å². The number of pyridine rings is 1. The molecule has 0 aliphatic carbocycles. The van der Waals surface area contributed by atoms with Crippen molar-refractivity contribution in [1.82, 2.24) is 19.3 Å². The predicted octanol–water partition coefficient (Wildman–Crippen LogP) is 3.33. The lowest BCUT2D eigenvalue weighted by molar-refractivity contribution is -0.0223. The van der Waals surface area contributed by atoms with Gasteiger partial charge in [-0.1, -0.05) is 11.6 Å². The molecule has 0 bridgehead atoms. The SMILES string of the molecule is CC(N[S+]([O-])C(C)(C)C)c1cc(Cl)nc2c(=O)n(C)c(N3CCC(F)(F)CC3)nc12. The average Bonchev–Trinajstić information content (AvgIpc) is 2.64. The first-order valence-electron chi connectivity index (χ1n) is 9.68. The van der Waals surface area contributed by atoms with Gasteiger partial charge in [0.2, 0.25) is 5.95 Å². The largest absolute Gasteiger partial charge is 0.598 e. The van der Waals surface area contributed by atoms with Crippen LogP contribution in [0.3, 0.4) is 0 Å². The molecule has 7 nitrogen and oxygen atoms in total. The minimum atomic E-state index is -2.71. The van der Waals surface area contributed by atoms with Crippen molar-refractivity contribution in [2.75, 3.05) is 18.0 Å². The standard InChI is InChI=1S/C19H26ClF2N5O2S/c1-11(25-30(29)18(2,3)4)12-10-13(20)23-15-14(12)24-17(26(5)16(15)28)27-8-6-19(21,22)7-9-27/h10-11,25H,6-9H2,1-5H3. The lowest BCUT2D eigenvalue weighted by atomic mass is 10.1. The average molecular weight is 462 g/mol. The molecule has 0 aromatic carbocycles. The van der Waals surface area contributed by atoms with Crippen LogP contribution in [0.1, 0.15) is 52.1 Å². The lowest BCUT2D eigenvalue weighted by Gasteiger charge is -2.33. The quantitative estimate of drug-likeness (QED) is 0.555. The summed E-state index contributed by atoms with van der Waals surface area (Å²) in [5.41, 5.74) is 0.561. The van der Waals surface area contributed by atoms with Crippen LogP contribution in [0.4, 0.5) is 14.7 Å². The van der Waals surface area contributed by atoms with Crippen LogP contribution in [0.5, 0.6) is 0 Å². The molecule has 30 heavy (non-hydrogen) atoms. The van der Waals surface area contributed by atoms with Gasteiger partial charge in [0, 0.05) is 49.9 Å². The highest BCUT2D eigenvalue weighted by Gasteiger charge is 2.35. The summed E-state index contributed by atoms with van der Waals surface area (Å²) in [6.07, 6.45) is -0.593. The topological polar surface area (TPSA) is 86.1 Å². The second-order valence-electron chi connectivity index (χ2n) is 8.57. The third kappa shape index (κ3) is 4.71. The number of hydrogen-bond acceptors (Lipinski definition) is 6. The summed E-state index contributed by atoms with van der Waals surface area (Å²) < 4.78 is 43.6. The number of piperidine rings is 1.